The summed E-state index contributed by atoms with van der Waals surface area (Å²) in [6.45, 7) is 1.76. The first kappa shape index (κ1) is 11.8. The molecule has 0 N–H and O–H groups in total. The second-order valence-electron chi connectivity index (χ2n) is 4.07. The molecule has 1 aliphatic heterocycles. The van der Waals surface area contributed by atoms with Crippen LogP contribution in [0.1, 0.15) is 24.6 Å². The zero-order valence-corrected chi connectivity index (χ0v) is 9.54. The molecule has 90 valence electrons. The summed E-state index contributed by atoms with van der Waals surface area (Å²) < 4.78 is 5.14. The van der Waals surface area contributed by atoms with Gasteiger partial charge in [-0.15, -0.1) is 0 Å². The van der Waals surface area contributed by atoms with Crippen LogP contribution < -0.4 is 0 Å². The number of carbonyl (C=O) groups excluding carboxylic acids is 2. The monoisotopic (exact) mass is 233 g/mol. The Labute approximate surface area is 100 Å². The minimum absolute atomic E-state index is 0.277. The topological polar surface area (TPSA) is 46.6 Å². The summed E-state index contributed by atoms with van der Waals surface area (Å²) in [5, 5.41) is 0. The predicted molar refractivity (Wildman–Crippen MR) is 62.1 cm³/mol. The number of carbonyl (C=O) groups is 2. The maximum Gasteiger partial charge on any atom is 0.294 e. The quantitative estimate of drug-likeness (QED) is 0.740. The van der Waals surface area contributed by atoms with Gasteiger partial charge in [0.05, 0.1) is 0 Å². The number of ketones is 1. The maximum absolute atomic E-state index is 11.2. The van der Waals surface area contributed by atoms with Gasteiger partial charge < -0.3 is 4.74 Å². The molecule has 0 saturated carbocycles. The number of ether oxygens (including phenoxy) is 1. The van der Waals surface area contributed by atoms with Gasteiger partial charge in [-0.3, -0.25) is 14.5 Å². The van der Waals surface area contributed by atoms with Crippen LogP contribution in [0.25, 0.3) is 0 Å². The van der Waals surface area contributed by atoms with Crippen LogP contribution in [0.2, 0.25) is 0 Å². The molecule has 2 rings (SSSR count). The van der Waals surface area contributed by atoms with Crippen LogP contribution in [0.5, 0.6) is 0 Å². The third-order valence-corrected chi connectivity index (χ3v) is 2.96. The highest BCUT2D eigenvalue weighted by molar-refractivity contribution is 5.79. The summed E-state index contributed by atoms with van der Waals surface area (Å²) in [7, 11) is 0. The van der Waals surface area contributed by atoms with E-state index < -0.39 is 0 Å². The molecular weight excluding hydrogens is 218 g/mol. The molecule has 1 aromatic carbocycles. The number of rotatable bonds is 4. The van der Waals surface area contributed by atoms with E-state index in [1.54, 1.807) is 0 Å². The lowest BCUT2D eigenvalue weighted by atomic mass is 10.1. The maximum atomic E-state index is 11.2. The van der Waals surface area contributed by atoms with Crippen LogP contribution >= 0.6 is 0 Å². The van der Waals surface area contributed by atoms with E-state index in [4.69, 9.17) is 4.74 Å². The Hall–Kier alpha value is -1.68. The molecular formula is C13H15NO3. The lowest BCUT2D eigenvalue weighted by Crippen LogP contribution is -2.38. The summed E-state index contributed by atoms with van der Waals surface area (Å²) in [5.41, 5.74) is 0.939. The first-order valence-corrected chi connectivity index (χ1v) is 5.71. The van der Waals surface area contributed by atoms with Crippen molar-refractivity contribution < 1.29 is 14.3 Å². The minimum atomic E-state index is -0.373. The molecule has 0 bridgehead atoms. The van der Waals surface area contributed by atoms with Crippen molar-refractivity contribution in [2.24, 2.45) is 0 Å². The smallest absolute Gasteiger partial charge is 0.294 e. The highest BCUT2D eigenvalue weighted by Gasteiger charge is 2.25. The van der Waals surface area contributed by atoms with Gasteiger partial charge in [-0.25, -0.2) is 0 Å². The summed E-state index contributed by atoms with van der Waals surface area (Å²) in [5.74, 6) is 0.277. The largest absolute Gasteiger partial charge is 0.444 e. The van der Waals surface area contributed by atoms with Gasteiger partial charge in [0.15, 0.2) is 6.23 Å². The van der Waals surface area contributed by atoms with Crippen molar-refractivity contribution in [3.8, 4) is 0 Å². The molecule has 17 heavy (non-hydrogen) atoms. The number of Topliss-reactive ketones (excluding diaryl/α,β-unsaturated/α-hetero) is 1. The van der Waals surface area contributed by atoms with E-state index in [-0.39, 0.29) is 12.0 Å². The molecule has 1 heterocycles. The zero-order chi connectivity index (χ0) is 12.1. The number of nitrogens with zero attached hydrogens (tertiary/aromatic N) is 1. The fourth-order valence-corrected chi connectivity index (χ4v) is 2.05. The molecule has 0 amide bonds. The van der Waals surface area contributed by atoms with Crippen LogP contribution in [0.3, 0.4) is 0 Å². The van der Waals surface area contributed by atoms with E-state index in [0.29, 0.717) is 32.4 Å². The van der Waals surface area contributed by atoms with Crippen molar-refractivity contribution in [3.05, 3.63) is 35.9 Å². The van der Waals surface area contributed by atoms with Crippen molar-refractivity contribution in [3.63, 3.8) is 0 Å². The molecule has 0 radical (unpaired) electrons. The number of piperidine rings is 1. The summed E-state index contributed by atoms with van der Waals surface area (Å²) in [6.07, 6.45) is 0.693. The van der Waals surface area contributed by atoms with Gasteiger partial charge in [-0.05, 0) is 0 Å². The number of hydrogen-bond donors (Lipinski definition) is 0. The van der Waals surface area contributed by atoms with Crippen molar-refractivity contribution in [1.29, 1.82) is 0 Å². The van der Waals surface area contributed by atoms with E-state index in [2.05, 4.69) is 0 Å². The zero-order valence-electron chi connectivity index (χ0n) is 9.54. The van der Waals surface area contributed by atoms with Gasteiger partial charge in [-0.1, -0.05) is 30.3 Å². The average molecular weight is 233 g/mol. The van der Waals surface area contributed by atoms with Crippen molar-refractivity contribution in [1.82, 2.24) is 4.90 Å². The van der Waals surface area contributed by atoms with E-state index in [1.807, 2.05) is 35.2 Å². The minimum Gasteiger partial charge on any atom is -0.444 e. The fourth-order valence-electron chi connectivity index (χ4n) is 2.05. The summed E-state index contributed by atoms with van der Waals surface area (Å²) in [6, 6.07) is 9.58. The molecule has 1 fully saturated rings. The molecule has 1 aromatic rings. The lowest BCUT2D eigenvalue weighted by molar-refractivity contribution is -0.146. The Balaban J connectivity index is 2.12. The molecule has 0 aliphatic carbocycles. The van der Waals surface area contributed by atoms with Crippen molar-refractivity contribution >= 4 is 12.3 Å². The van der Waals surface area contributed by atoms with E-state index in [1.165, 1.54) is 0 Å². The molecule has 1 unspecified atom stereocenters. The third-order valence-electron chi connectivity index (χ3n) is 2.96. The fraction of sp³-hybridized carbons (Fsp3) is 0.385. The Morgan fingerprint density at radius 1 is 1.18 bits per heavy atom. The Morgan fingerprint density at radius 2 is 1.82 bits per heavy atom. The first-order chi connectivity index (χ1) is 8.31. The van der Waals surface area contributed by atoms with Crippen LogP contribution in [-0.4, -0.2) is 30.2 Å². The summed E-state index contributed by atoms with van der Waals surface area (Å²) >= 11 is 0. The molecule has 1 saturated heterocycles. The normalized spacial score (nSPS) is 18.7. The molecule has 1 atom stereocenters. The molecule has 1 aliphatic rings. The second kappa shape index (κ2) is 5.59. The number of likely N-dealkylation sites (tertiary alicyclic amines) is 1. The van der Waals surface area contributed by atoms with Crippen LogP contribution in [0, 0.1) is 0 Å². The van der Waals surface area contributed by atoms with Gasteiger partial charge >= 0.3 is 0 Å². The predicted octanol–water partition coefficient (Wildman–Crippen LogP) is 1.52. The van der Waals surface area contributed by atoms with E-state index in [9.17, 15) is 9.59 Å². The average Bonchev–Trinajstić information content (AvgIpc) is 2.38. The third kappa shape index (κ3) is 2.91. The second-order valence-corrected chi connectivity index (χ2v) is 4.07. The van der Waals surface area contributed by atoms with Gasteiger partial charge in [0.1, 0.15) is 5.78 Å². The van der Waals surface area contributed by atoms with Crippen LogP contribution in [0.4, 0.5) is 0 Å². The molecule has 4 nitrogen and oxygen atoms in total. The van der Waals surface area contributed by atoms with Gasteiger partial charge in [0.2, 0.25) is 0 Å². The Bertz CT molecular complexity index is 381. The van der Waals surface area contributed by atoms with Gasteiger partial charge in [-0.2, -0.15) is 0 Å². The van der Waals surface area contributed by atoms with Crippen LogP contribution in [0.15, 0.2) is 30.3 Å². The van der Waals surface area contributed by atoms with Crippen molar-refractivity contribution in [2.75, 3.05) is 13.1 Å². The molecule has 0 aromatic heterocycles. The Kier molecular flexibility index (Phi) is 3.88. The van der Waals surface area contributed by atoms with E-state index >= 15 is 0 Å². The van der Waals surface area contributed by atoms with E-state index in [0.717, 1.165) is 5.56 Å². The molecule has 4 heteroatoms. The van der Waals surface area contributed by atoms with Gasteiger partial charge in [0.25, 0.3) is 6.47 Å². The van der Waals surface area contributed by atoms with Gasteiger partial charge in [0, 0.05) is 31.5 Å². The lowest BCUT2D eigenvalue weighted by Gasteiger charge is -2.32. The highest BCUT2D eigenvalue weighted by Crippen LogP contribution is 2.23. The Morgan fingerprint density at radius 3 is 2.41 bits per heavy atom. The standard InChI is InChI=1S/C13H15NO3/c15-10-17-13(11-4-2-1-3-5-11)14-8-6-12(16)7-9-14/h1-5,10,13H,6-9H2. The van der Waals surface area contributed by atoms with Crippen LogP contribution in [-0.2, 0) is 14.3 Å². The number of hydrogen-bond acceptors (Lipinski definition) is 4. The van der Waals surface area contributed by atoms with Crippen molar-refractivity contribution in [2.45, 2.75) is 19.1 Å². The summed E-state index contributed by atoms with van der Waals surface area (Å²) in [4.78, 5) is 23.8. The first-order valence-electron chi connectivity index (χ1n) is 5.71. The SMILES string of the molecule is O=COC(c1ccccc1)N1CCC(=O)CC1. The highest BCUT2D eigenvalue weighted by atomic mass is 16.5. The molecule has 0 spiro atoms. The number of benzene rings is 1.